The quantitative estimate of drug-likeness (QED) is 0.851. The number of likely N-dealkylation sites (N-methyl/N-ethyl adjacent to an activating group) is 1. The number of hydrogen-bond acceptors (Lipinski definition) is 5. The van der Waals surface area contributed by atoms with Gasteiger partial charge in [0.1, 0.15) is 0 Å². The van der Waals surface area contributed by atoms with Crippen LogP contribution in [0.4, 0.5) is 0 Å². The Bertz CT molecular complexity index is 581. The van der Waals surface area contributed by atoms with E-state index in [4.69, 9.17) is 4.74 Å². The molecular weight excluding hydrogens is 318 g/mol. The van der Waals surface area contributed by atoms with E-state index in [0.717, 1.165) is 32.8 Å². The molecule has 25 heavy (non-hydrogen) atoms. The predicted molar refractivity (Wildman–Crippen MR) is 95.7 cm³/mol. The number of aromatic nitrogens is 1. The van der Waals surface area contributed by atoms with E-state index in [9.17, 15) is 9.90 Å². The van der Waals surface area contributed by atoms with Gasteiger partial charge in [-0.25, -0.2) is 4.79 Å². The summed E-state index contributed by atoms with van der Waals surface area (Å²) in [7, 11) is 2.08. The highest BCUT2D eigenvalue weighted by Gasteiger charge is 2.39. The Labute approximate surface area is 149 Å². The van der Waals surface area contributed by atoms with Crippen molar-refractivity contribution in [3.05, 3.63) is 29.6 Å². The van der Waals surface area contributed by atoms with Crippen molar-refractivity contribution in [3.63, 3.8) is 0 Å². The average Bonchev–Trinajstić information content (AvgIpc) is 2.63. The molecular formula is C19H29N3O3. The van der Waals surface area contributed by atoms with Crippen molar-refractivity contribution >= 4 is 5.97 Å². The van der Waals surface area contributed by atoms with Crippen molar-refractivity contribution in [3.8, 4) is 0 Å². The summed E-state index contributed by atoms with van der Waals surface area (Å²) in [5, 5.41) is 9.37. The van der Waals surface area contributed by atoms with Gasteiger partial charge in [-0.3, -0.25) is 14.8 Å². The molecule has 1 aliphatic heterocycles. The fourth-order valence-electron chi connectivity index (χ4n) is 4.39. The molecule has 0 aromatic carbocycles. The Morgan fingerprint density at radius 3 is 2.72 bits per heavy atom. The number of ether oxygens (including phenoxy) is 1. The van der Waals surface area contributed by atoms with Crippen LogP contribution in [-0.4, -0.2) is 71.3 Å². The van der Waals surface area contributed by atoms with E-state index < -0.39 is 5.97 Å². The third-order valence-corrected chi connectivity index (χ3v) is 5.57. The van der Waals surface area contributed by atoms with Crippen LogP contribution >= 0.6 is 0 Å². The molecule has 138 valence electrons. The van der Waals surface area contributed by atoms with E-state index in [1.54, 1.807) is 18.3 Å². The van der Waals surface area contributed by atoms with Crippen LogP contribution in [-0.2, 0) is 11.3 Å². The zero-order valence-corrected chi connectivity index (χ0v) is 15.1. The van der Waals surface area contributed by atoms with Crippen molar-refractivity contribution in [2.75, 3.05) is 39.9 Å². The van der Waals surface area contributed by atoms with Gasteiger partial charge in [-0.2, -0.15) is 0 Å². The highest BCUT2D eigenvalue weighted by atomic mass is 16.5. The van der Waals surface area contributed by atoms with Crippen molar-refractivity contribution in [1.29, 1.82) is 0 Å². The minimum atomic E-state index is -0.906. The molecule has 1 saturated carbocycles. The number of nitrogens with zero attached hydrogens (tertiary/aromatic N) is 3. The molecule has 1 N–H and O–H groups in total. The number of carboxylic acid groups (broad SMARTS) is 1. The summed E-state index contributed by atoms with van der Waals surface area (Å²) in [5.41, 5.74) is 1.14. The maximum atomic E-state index is 11.4. The van der Waals surface area contributed by atoms with E-state index in [2.05, 4.69) is 21.8 Å². The molecule has 0 atom stereocenters. The maximum absolute atomic E-state index is 11.4. The van der Waals surface area contributed by atoms with Gasteiger partial charge in [-0.15, -0.1) is 0 Å². The molecule has 2 fully saturated rings. The van der Waals surface area contributed by atoms with Gasteiger partial charge in [0.2, 0.25) is 0 Å². The van der Waals surface area contributed by atoms with Gasteiger partial charge in [0.05, 0.1) is 24.5 Å². The lowest BCUT2D eigenvalue weighted by atomic mass is 9.79. The predicted octanol–water partition coefficient (Wildman–Crippen LogP) is 2.25. The Balaban J connectivity index is 1.72. The normalized spacial score (nSPS) is 21.4. The van der Waals surface area contributed by atoms with Crippen LogP contribution in [0, 0.1) is 0 Å². The van der Waals surface area contributed by atoms with Gasteiger partial charge in [0, 0.05) is 37.9 Å². The lowest BCUT2D eigenvalue weighted by Gasteiger charge is -2.49. The summed E-state index contributed by atoms with van der Waals surface area (Å²) in [6.07, 6.45) is 7.97. The molecule has 2 aliphatic rings. The lowest BCUT2D eigenvalue weighted by molar-refractivity contribution is -0.0492. The highest BCUT2D eigenvalue weighted by Crippen LogP contribution is 2.35. The average molecular weight is 347 g/mol. The first-order valence-corrected chi connectivity index (χ1v) is 9.29. The topological polar surface area (TPSA) is 65.9 Å². The van der Waals surface area contributed by atoms with Crippen LogP contribution in [0.15, 0.2) is 18.3 Å². The number of rotatable bonds is 6. The Morgan fingerprint density at radius 2 is 2.04 bits per heavy atom. The van der Waals surface area contributed by atoms with Crippen LogP contribution in [0.3, 0.4) is 0 Å². The molecule has 0 bridgehead atoms. The lowest BCUT2D eigenvalue weighted by Crippen LogP contribution is -2.59. The molecule has 0 spiro atoms. The van der Waals surface area contributed by atoms with Gasteiger partial charge >= 0.3 is 5.97 Å². The molecule has 3 rings (SSSR count). The number of hydrogen-bond donors (Lipinski definition) is 1. The minimum Gasteiger partial charge on any atom is -0.478 e. The minimum absolute atomic E-state index is 0.189. The van der Waals surface area contributed by atoms with Crippen molar-refractivity contribution in [2.24, 2.45) is 0 Å². The third kappa shape index (κ3) is 4.37. The van der Waals surface area contributed by atoms with E-state index in [-0.39, 0.29) is 5.54 Å². The fourth-order valence-corrected chi connectivity index (χ4v) is 4.39. The molecule has 1 aliphatic carbocycles. The number of pyridine rings is 1. The van der Waals surface area contributed by atoms with Gasteiger partial charge in [0.15, 0.2) is 0 Å². The summed E-state index contributed by atoms with van der Waals surface area (Å²) in [6.45, 7) is 5.14. The van der Waals surface area contributed by atoms with E-state index in [1.165, 1.54) is 32.1 Å². The Kier molecular flexibility index (Phi) is 6.04. The van der Waals surface area contributed by atoms with E-state index in [1.807, 2.05) is 0 Å². The summed E-state index contributed by atoms with van der Waals surface area (Å²) in [5.74, 6) is -0.906. The monoisotopic (exact) mass is 347 g/mol. The fraction of sp³-hybridized carbons (Fsp3) is 0.684. The largest absolute Gasteiger partial charge is 0.478 e. The van der Waals surface area contributed by atoms with E-state index in [0.29, 0.717) is 17.8 Å². The second-order valence-electron chi connectivity index (χ2n) is 7.36. The smallest absolute Gasteiger partial charge is 0.337 e. The first-order valence-electron chi connectivity index (χ1n) is 9.29. The van der Waals surface area contributed by atoms with Gasteiger partial charge in [-0.1, -0.05) is 19.3 Å². The third-order valence-electron chi connectivity index (χ3n) is 5.57. The first-order chi connectivity index (χ1) is 12.1. The number of carboxylic acids is 1. The molecule has 1 saturated heterocycles. The number of morpholine rings is 1. The standard InChI is InChI=1S/C19H29N3O3/c1-21(14-17-16(18(23)24)6-5-9-20-17)15-19(7-3-2-4-8-19)22-10-12-25-13-11-22/h5-6,9H,2-4,7-8,10-15H2,1H3,(H,23,24). The molecule has 1 aromatic heterocycles. The van der Waals surface area contributed by atoms with Crippen LogP contribution in [0.1, 0.15) is 48.2 Å². The zero-order valence-electron chi connectivity index (χ0n) is 15.1. The molecule has 0 radical (unpaired) electrons. The van der Waals surface area contributed by atoms with Crippen molar-refractivity contribution < 1.29 is 14.6 Å². The summed E-state index contributed by atoms with van der Waals surface area (Å²) >= 11 is 0. The van der Waals surface area contributed by atoms with Gasteiger partial charge in [0.25, 0.3) is 0 Å². The van der Waals surface area contributed by atoms with Crippen molar-refractivity contribution in [2.45, 2.75) is 44.2 Å². The summed E-state index contributed by atoms with van der Waals surface area (Å²) in [4.78, 5) is 20.6. The molecule has 6 heteroatoms. The first kappa shape index (κ1) is 18.3. The van der Waals surface area contributed by atoms with E-state index >= 15 is 0 Å². The molecule has 6 nitrogen and oxygen atoms in total. The Hall–Kier alpha value is -1.50. The van der Waals surface area contributed by atoms with Crippen LogP contribution in [0.2, 0.25) is 0 Å². The maximum Gasteiger partial charge on any atom is 0.337 e. The molecule has 0 amide bonds. The van der Waals surface area contributed by atoms with Crippen LogP contribution < -0.4 is 0 Å². The molecule has 1 aromatic rings. The SMILES string of the molecule is CN(Cc1ncccc1C(=O)O)CC1(N2CCOCC2)CCCCC1. The summed E-state index contributed by atoms with van der Waals surface area (Å²) in [6, 6.07) is 3.32. The second kappa shape index (κ2) is 8.25. The number of carbonyl (C=O) groups is 1. The summed E-state index contributed by atoms with van der Waals surface area (Å²) < 4.78 is 5.55. The van der Waals surface area contributed by atoms with Gasteiger partial charge < -0.3 is 9.84 Å². The molecule has 2 heterocycles. The van der Waals surface area contributed by atoms with Crippen LogP contribution in [0.5, 0.6) is 0 Å². The highest BCUT2D eigenvalue weighted by molar-refractivity contribution is 5.88. The van der Waals surface area contributed by atoms with Crippen LogP contribution in [0.25, 0.3) is 0 Å². The Morgan fingerprint density at radius 1 is 1.32 bits per heavy atom. The zero-order chi connectivity index (χ0) is 17.7. The van der Waals surface area contributed by atoms with Crippen molar-refractivity contribution in [1.82, 2.24) is 14.8 Å². The second-order valence-corrected chi connectivity index (χ2v) is 7.36. The molecule has 0 unspecified atom stereocenters. The number of aromatic carboxylic acids is 1. The van der Waals surface area contributed by atoms with Gasteiger partial charge in [-0.05, 0) is 32.0 Å².